The zero-order valence-electron chi connectivity index (χ0n) is 13.9. The van der Waals surface area contributed by atoms with Gasteiger partial charge in [0.05, 0.1) is 0 Å². The lowest BCUT2D eigenvalue weighted by Crippen LogP contribution is -2.13. The van der Waals surface area contributed by atoms with Gasteiger partial charge in [0.2, 0.25) is 0 Å². The molecule has 1 aromatic heterocycles. The molecule has 1 unspecified atom stereocenters. The number of aliphatic hydroxyl groups is 1. The van der Waals surface area contributed by atoms with Gasteiger partial charge in [-0.3, -0.25) is 0 Å². The maximum atomic E-state index is 9.04. The summed E-state index contributed by atoms with van der Waals surface area (Å²) < 4.78 is 0. The Kier molecular flexibility index (Phi) is 8.05. The van der Waals surface area contributed by atoms with Gasteiger partial charge in [-0.25, -0.2) is 9.97 Å². The lowest BCUT2D eigenvalue weighted by Gasteiger charge is -2.15. The second kappa shape index (κ2) is 9.55. The van der Waals surface area contributed by atoms with Crippen molar-refractivity contribution in [3.63, 3.8) is 0 Å². The molecule has 0 fully saturated rings. The van der Waals surface area contributed by atoms with Crippen LogP contribution in [0.5, 0.6) is 0 Å². The molecule has 0 saturated heterocycles. The van der Waals surface area contributed by atoms with E-state index in [-0.39, 0.29) is 6.61 Å². The number of nitrogens with zero attached hydrogens (tertiary/aromatic N) is 2. The summed E-state index contributed by atoms with van der Waals surface area (Å²) in [5, 5.41) is 15.8. The lowest BCUT2D eigenvalue weighted by atomic mass is 10.1. The van der Waals surface area contributed by atoms with Crippen LogP contribution in [0.1, 0.15) is 51.4 Å². The molecule has 0 aliphatic heterocycles. The quantitative estimate of drug-likeness (QED) is 0.579. The topological polar surface area (TPSA) is 70.1 Å². The highest BCUT2D eigenvalue weighted by Crippen LogP contribution is 2.20. The first-order valence-electron chi connectivity index (χ1n) is 8.08. The Bertz CT molecular complexity index is 423. The largest absolute Gasteiger partial charge is 0.396 e. The van der Waals surface area contributed by atoms with Crippen LogP contribution in [0.25, 0.3) is 0 Å². The van der Waals surface area contributed by atoms with Gasteiger partial charge < -0.3 is 15.7 Å². The van der Waals surface area contributed by atoms with Crippen LogP contribution in [-0.2, 0) is 6.42 Å². The van der Waals surface area contributed by atoms with Crippen LogP contribution in [0.2, 0.25) is 0 Å². The van der Waals surface area contributed by atoms with Crippen LogP contribution in [0.3, 0.4) is 0 Å². The molecule has 3 N–H and O–H groups in total. The third kappa shape index (κ3) is 5.87. The normalized spacial score (nSPS) is 12.2. The Hall–Kier alpha value is -1.36. The molecule has 5 nitrogen and oxygen atoms in total. The second-order valence-corrected chi connectivity index (χ2v) is 5.60. The van der Waals surface area contributed by atoms with E-state index < -0.39 is 0 Å². The van der Waals surface area contributed by atoms with Crippen molar-refractivity contribution in [2.24, 2.45) is 5.92 Å². The second-order valence-electron chi connectivity index (χ2n) is 5.60. The minimum absolute atomic E-state index is 0.262. The Morgan fingerprint density at radius 3 is 2.38 bits per heavy atom. The molecule has 21 heavy (non-hydrogen) atoms. The number of aromatic nitrogens is 2. The summed E-state index contributed by atoms with van der Waals surface area (Å²) >= 11 is 0. The average molecular weight is 294 g/mol. The third-order valence-electron chi connectivity index (χ3n) is 3.49. The first-order valence-corrected chi connectivity index (χ1v) is 8.08. The van der Waals surface area contributed by atoms with E-state index >= 15 is 0 Å². The molecule has 1 atom stereocenters. The molecule has 5 heteroatoms. The average Bonchev–Trinajstić information content (AvgIpc) is 2.48. The van der Waals surface area contributed by atoms with E-state index in [1.54, 1.807) is 0 Å². The Morgan fingerprint density at radius 2 is 1.81 bits per heavy atom. The molecule has 1 rings (SSSR count). The molecular formula is C16H30N4O. The summed E-state index contributed by atoms with van der Waals surface area (Å²) in [4.78, 5) is 9.22. The minimum atomic E-state index is 0.262. The van der Waals surface area contributed by atoms with E-state index in [9.17, 15) is 0 Å². The molecule has 0 saturated carbocycles. The fourth-order valence-electron chi connectivity index (χ4n) is 2.16. The summed E-state index contributed by atoms with van der Waals surface area (Å²) in [6.45, 7) is 10.3. The van der Waals surface area contributed by atoms with Gasteiger partial charge in [-0.2, -0.15) is 0 Å². The third-order valence-corrected chi connectivity index (χ3v) is 3.49. The number of aliphatic hydroxyl groups excluding tert-OH is 1. The standard InChI is InChI=1S/C16H30N4O/c1-5-8-14-19-15(17-6-2)13(4)16(20-14)18-10-7-9-12(3)11-21/h12,21H,5-11H2,1-4H3,(H2,17,18,19,20). The fraction of sp³-hybridized carbons (Fsp3) is 0.750. The zero-order chi connectivity index (χ0) is 15.7. The van der Waals surface area contributed by atoms with E-state index in [4.69, 9.17) is 5.11 Å². The monoisotopic (exact) mass is 294 g/mol. The van der Waals surface area contributed by atoms with E-state index in [1.165, 1.54) is 0 Å². The van der Waals surface area contributed by atoms with Crippen molar-refractivity contribution in [1.29, 1.82) is 0 Å². The number of nitrogens with one attached hydrogen (secondary N) is 2. The smallest absolute Gasteiger partial charge is 0.134 e. The Morgan fingerprint density at radius 1 is 1.14 bits per heavy atom. The molecular weight excluding hydrogens is 264 g/mol. The molecule has 120 valence electrons. The van der Waals surface area contributed by atoms with E-state index in [1.807, 2.05) is 6.92 Å². The van der Waals surface area contributed by atoms with Crippen molar-refractivity contribution < 1.29 is 5.11 Å². The van der Waals surface area contributed by atoms with E-state index in [0.717, 1.165) is 61.8 Å². The summed E-state index contributed by atoms with van der Waals surface area (Å²) in [6, 6.07) is 0. The molecule has 0 spiro atoms. The highest BCUT2D eigenvalue weighted by molar-refractivity contribution is 5.57. The van der Waals surface area contributed by atoms with Crippen LogP contribution in [-0.4, -0.2) is 34.8 Å². The number of rotatable bonds is 10. The predicted octanol–water partition coefficient (Wildman–Crippen LogP) is 2.99. The van der Waals surface area contributed by atoms with Crippen molar-refractivity contribution >= 4 is 11.6 Å². The summed E-state index contributed by atoms with van der Waals surface area (Å²) in [5.74, 6) is 3.12. The first kappa shape index (κ1) is 17.7. The van der Waals surface area contributed by atoms with Gasteiger partial charge in [0.25, 0.3) is 0 Å². The molecule has 0 bridgehead atoms. The summed E-state index contributed by atoms with van der Waals surface area (Å²) in [7, 11) is 0. The number of hydrogen-bond donors (Lipinski definition) is 3. The van der Waals surface area contributed by atoms with Gasteiger partial charge in [0, 0.05) is 31.7 Å². The summed E-state index contributed by atoms with van der Waals surface area (Å²) in [5.41, 5.74) is 1.08. The fourth-order valence-corrected chi connectivity index (χ4v) is 2.16. The number of hydrogen-bond acceptors (Lipinski definition) is 5. The van der Waals surface area contributed by atoms with E-state index in [2.05, 4.69) is 41.4 Å². The van der Waals surface area contributed by atoms with Crippen molar-refractivity contribution in [1.82, 2.24) is 9.97 Å². The lowest BCUT2D eigenvalue weighted by molar-refractivity contribution is 0.229. The first-order chi connectivity index (χ1) is 10.1. The van der Waals surface area contributed by atoms with Crippen molar-refractivity contribution in [2.45, 2.75) is 53.4 Å². The molecule has 1 aromatic rings. The van der Waals surface area contributed by atoms with Gasteiger partial charge in [0.1, 0.15) is 17.5 Å². The molecule has 1 heterocycles. The van der Waals surface area contributed by atoms with Crippen LogP contribution in [0.15, 0.2) is 0 Å². The van der Waals surface area contributed by atoms with Crippen molar-refractivity contribution in [2.75, 3.05) is 30.3 Å². The van der Waals surface area contributed by atoms with Gasteiger partial charge >= 0.3 is 0 Å². The summed E-state index contributed by atoms with van der Waals surface area (Å²) in [6.07, 6.45) is 4.00. The maximum Gasteiger partial charge on any atom is 0.134 e. The highest BCUT2D eigenvalue weighted by atomic mass is 16.3. The molecule has 0 radical (unpaired) electrons. The van der Waals surface area contributed by atoms with E-state index in [0.29, 0.717) is 5.92 Å². The van der Waals surface area contributed by atoms with Gasteiger partial charge in [0.15, 0.2) is 0 Å². The van der Waals surface area contributed by atoms with Gasteiger partial charge in [-0.1, -0.05) is 13.8 Å². The number of anilines is 2. The SMILES string of the molecule is CCCc1nc(NCC)c(C)c(NCCCC(C)CO)n1. The molecule has 0 aliphatic carbocycles. The zero-order valence-corrected chi connectivity index (χ0v) is 13.9. The maximum absolute atomic E-state index is 9.04. The van der Waals surface area contributed by atoms with Gasteiger partial charge in [-0.15, -0.1) is 0 Å². The van der Waals surface area contributed by atoms with Crippen LogP contribution in [0.4, 0.5) is 11.6 Å². The number of aryl methyl sites for hydroxylation is 1. The van der Waals surface area contributed by atoms with Crippen molar-refractivity contribution in [3.05, 3.63) is 11.4 Å². The van der Waals surface area contributed by atoms with Crippen LogP contribution < -0.4 is 10.6 Å². The van der Waals surface area contributed by atoms with Gasteiger partial charge in [-0.05, 0) is 39.0 Å². The van der Waals surface area contributed by atoms with Crippen molar-refractivity contribution in [3.8, 4) is 0 Å². The molecule has 0 aliphatic rings. The predicted molar refractivity (Wildman–Crippen MR) is 88.9 cm³/mol. The molecule has 0 aromatic carbocycles. The Labute approximate surface area is 128 Å². The Balaban J connectivity index is 2.70. The molecule has 0 amide bonds. The highest BCUT2D eigenvalue weighted by Gasteiger charge is 2.10. The van der Waals surface area contributed by atoms with Crippen LogP contribution in [0, 0.1) is 12.8 Å². The van der Waals surface area contributed by atoms with Crippen LogP contribution >= 0.6 is 0 Å². The minimum Gasteiger partial charge on any atom is -0.396 e.